The van der Waals surface area contributed by atoms with Gasteiger partial charge in [-0.2, -0.15) is 0 Å². The maximum atomic E-state index is 11.4. The van der Waals surface area contributed by atoms with Crippen LogP contribution in [0, 0.1) is 10.1 Å². The van der Waals surface area contributed by atoms with Crippen molar-refractivity contribution in [2.24, 2.45) is 0 Å². The van der Waals surface area contributed by atoms with Crippen LogP contribution in [-0.4, -0.2) is 36.1 Å². The second-order valence-electron chi connectivity index (χ2n) is 4.22. The Hall–Kier alpha value is -1.12. The molecule has 0 aliphatic carbocycles. The summed E-state index contributed by atoms with van der Waals surface area (Å²) < 4.78 is 22.8. The van der Waals surface area contributed by atoms with Crippen molar-refractivity contribution in [2.45, 2.75) is 35.0 Å². The number of nitro benzene ring substituents is 1. The predicted octanol–water partition coefficient (Wildman–Crippen LogP) is 1.86. The van der Waals surface area contributed by atoms with Crippen LogP contribution in [0.25, 0.3) is 0 Å². The minimum Gasteiger partial charge on any atom is -0.392 e. The van der Waals surface area contributed by atoms with Gasteiger partial charge in [0.05, 0.1) is 20.8 Å². The lowest BCUT2D eigenvalue weighted by Crippen LogP contribution is -2.15. The molecule has 0 heterocycles. The minimum atomic E-state index is -3.48. The van der Waals surface area contributed by atoms with E-state index < -0.39 is 20.9 Å². The highest BCUT2D eigenvalue weighted by Crippen LogP contribution is 2.34. The number of hydrogen-bond acceptors (Lipinski definition) is 6. The monoisotopic (exact) mass is 305 g/mol. The zero-order chi connectivity index (χ0) is 14.8. The van der Waals surface area contributed by atoms with Gasteiger partial charge in [0, 0.05) is 17.6 Å². The van der Waals surface area contributed by atoms with E-state index in [-0.39, 0.29) is 15.8 Å². The van der Waals surface area contributed by atoms with Crippen LogP contribution >= 0.6 is 11.8 Å². The fourth-order valence-corrected chi connectivity index (χ4v) is 2.91. The Morgan fingerprint density at radius 2 is 1.95 bits per heavy atom. The molecule has 0 aromatic heterocycles. The number of aliphatic hydroxyl groups is 1. The van der Waals surface area contributed by atoms with Crippen LogP contribution in [0.1, 0.15) is 13.8 Å². The third kappa shape index (κ3) is 4.19. The van der Waals surface area contributed by atoms with Crippen LogP contribution in [-0.2, 0) is 9.84 Å². The fourth-order valence-electron chi connectivity index (χ4n) is 1.27. The van der Waals surface area contributed by atoms with Gasteiger partial charge in [-0.15, -0.1) is 11.8 Å². The van der Waals surface area contributed by atoms with Gasteiger partial charge >= 0.3 is 0 Å². The Kier molecular flexibility index (Phi) is 4.94. The molecule has 0 radical (unpaired) electrons. The number of benzene rings is 1. The van der Waals surface area contributed by atoms with E-state index in [9.17, 15) is 23.6 Å². The van der Waals surface area contributed by atoms with Crippen LogP contribution in [0.15, 0.2) is 28.0 Å². The molecular weight excluding hydrogens is 290 g/mol. The summed E-state index contributed by atoms with van der Waals surface area (Å²) in [6, 6.07) is 3.78. The quantitative estimate of drug-likeness (QED) is 0.506. The Bertz CT molecular complexity index is 583. The molecule has 0 amide bonds. The van der Waals surface area contributed by atoms with Gasteiger partial charge in [-0.3, -0.25) is 10.1 Å². The van der Waals surface area contributed by atoms with Gasteiger partial charge in [-0.05, 0) is 19.1 Å². The predicted molar refractivity (Wildman–Crippen MR) is 73.2 cm³/mol. The lowest BCUT2D eigenvalue weighted by Gasteiger charge is -2.14. The van der Waals surface area contributed by atoms with E-state index in [0.29, 0.717) is 4.90 Å². The van der Waals surface area contributed by atoms with E-state index in [2.05, 4.69) is 0 Å². The molecule has 1 aromatic carbocycles. The van der Waals surface area contributed by atoms with E-state index in [0.717, 1.165) is 24.1 Å². The summed E-state index contributed by atoms with van der Waals surface area (Å²) in [5.74, 6) is 0. The lowest BCUT2D eigenvalue weighted by molar-refractivity contribution is -0.388. The second-order valence-corrected chi connectivity index (χ2v) is 7.66. The van der Waals surface area contributed by atoms with E-state index >= 15 is 0 Å². The molecule has 19 heavy (non-hydrogen) atoms. The van der Waals surface area contributed by atoms with Crippen molar-refractivity contribution in [3.63, 3.8) is 0 Å². The number of thioether (sulfide) groups is 1. The number of nitrogens with zero attached hydrogens (tertiary/aromatic N) is 1. The number of hydrogen-bond donors (Lipinski definition) is 1. The Labute approximate surface area is 115 Å². The zero-order valence-electron chi connectivity index (χ0n) is 10.7. The number of rotatable bonds is 5. The van der Waals surface area contributed by atoms with E-state index in [1.807, 2.05) is 0 Å². The van der Waals surface area contributed by atoms with Crippen LogP contribution < -0.4 is 0 Å². The highest BCUT2D eigenvalue weighted by atomic mass is 32.2. The van der Waals surface area contributed by atoms with Crippen molar-refractivity contribution in [2.75, 3.05) is 6.26 Å². The fraction of sp³-hybridized carbons (Fsp3) is 0.455. The SMILES string of the molecule is CC(O)C(C)Sc1ccc(S(C)(=O)=O)cc1[N+](=O)[O-]. The van der Waals surface area contributed by atoms with Crippen molar-refractivity contribution in [3.8, 4) is 0 Å². The van der Waals surface area contributed by atoms with Gasteiger partial charge in [-0.1, -0.05) is 6.92 Å². The normalized spacial score (nSPS) is 14.9. The highest BCUT2D eigenvalue weighted by molar-refractivity contribution is 8.00. The molecule has 0 saturated heterocycles. The first-order chi connectivity index (χ1) is 8.62. The van der Waals surface area contributed by atoms with Gasteiger partial charge in [-0.25, -0.2) is 8.42 Å². The van der Waals surface area contributed by atoms with Crippen LogP contribution in [0.2, 0.25) is 0 Å². The van der Waals surface area contributed by atoms with Crippen molar-refractivity contribution >= 4 is 27.3 Å². The van der Waals surface area contributed by atoms with Gasteiger partial charge in [0.15, 0.2) is 9.84 Å². The summed E-state index contributed by atoms with van der Waals surface area (Å²) >= 11 is 1.14. The maximum absolute atomic E-state index is 11.4. The minimum absolute atomic E-state index is 0.0896. The molecule has 2 atom stereocenters. The first-order valence-corrected chi connectivity index (χ1v) is 8.23. The van der Waals surface area contributed by atoms with E-state index in [1.54, 1.807) is 13.8 Å². The van der Waals surface area contributed by atoms with Crippen molar-refractivity contribution in [1.82, 2.24) is 0 Å². The molecule has 0 aliphatic rings. The largest absolute Gasteiger partial charge is 0.392 e. The third-order valence-corrected chi connectivity index (χ3v) is 5.02. The molecule has 0 bridgehead atoms. The molecular formula is C11H15NO5S2. The Morgan fingerprint density at radius 3 is 2.37 bits per heavy atom. The van der Waals surface area contributed by atoms with Crippen molar-refractivity contribution in [1.29, 1.82) is 0 Å². The summed E-state index contributed by atoms with van der Waals surface area (Å²) in [7, 11) is -3.48. The summed E-state index contributed by atoms with van der Waals surface area (Å²) in [5.41, 5.74) is -0.263. The van der Waals surface area contributed by atoms with E-state index in [1.165, 1.54) is 12.1 Å². The van der Waals surface area contributed by atoms with Crippen LogP contribution in [0.3, 0.4) is 0 Å². The van der Waals surface area contributed by atoms with E-state index in [4.69, 9.17) is 0 Å². The second kappa shape index (κ2) is 5.89. The average Bonchev–Trinajstić information content (AvgIpc) is 2.27. The van der Waals surface area contributed by atoms with Crippen LogP contribution in [0.4, 0.5) is 5.69 Å². The lowest BCUT2D eigenvalue weighted by atomic mass is 10.3. The molecule has 2 unspecified atom stereocenters. The first-order valence-electron chi connectivity index (χ1n) is 5.46. The molecule has 0 aliphatic heterocycles. The summed E-state index contributed by atoms with van der Waals surface area (Å²) in [4.78, 5) is 10.6. The first kappa shape index (κ1) is 15.9. The molecule has 8 heteroatoms. The van der Waals surface area contributed by atoms with Crippen molar-refractivity contribution in [3.05, 3.63) is 28.3 Å². The Balaban J connectivity index is 3.24. The molecule has 1 N–H and O–H groups in total. The molecule has 106 valence electrons. The van der Waals surface area contributed by atoms with Crippen LogP contribution in [0.5, 0.6) is 0 Å². The molecule has 1 rings (SSSR count). The number of aliphatic hydroxyl groups excluding tert-OH is 1. The average molecular weight is 305 g/mol. The number of sulfone groups is 1. The van der Waals surface area contributed by atoms with Crippen molar-refractivity contribution < 1.29 is 18.4 Å². The standard InChI is InChI=1S/C11H15NO5S2/c1-7(13)8(2)18-11-5-4-9(19(3,16)17)6-10(11)12(14)15/h4-8,13H,1-3H3. The number of nitro groups is 1. The topological polar surface area (TPSA) is 97.5 Å². The van der Waals surface area contributed by atoms with Gasteiger partial charge in [0.1, 0.15) is 0 Å². The zero-order valence-corrected chi connectivity index (χ0v) is 12.4. The van der Waals surface area contributed by atoms with Gasteiger partial charge in [0.25, 0.3) is 5.69 Å². The molecule has 0 saturated carbocycles. The van der Waals surface area contributed by atoms with Gasteiger partial charge < -0.3 is 5.11 Å². The molecule has 0 fully saturated rings. The molecule has 0 spiro atoms. The smallest absolute Gasteiger partial charge is 0.284 e. The molecule has 6 nitrogen and oxygen atoms in total. The Morgan fingerprint density at radius 1 is 1.37 bits per heavy atom. The summed E-state index contributed by atoms with van der Waals surface area (Å²) in [5, 5.41) is 20.2. The maximum Gasteiger partial charge on any atom is 0.284 e. The highest BCUT2D eigenvalue weighted by Gasteiger charge is 2.21. The van der Waals surface area contributed by atoms with Gasteiger partial charge in [0.2, 0.25) is 0 Å². The summed E-state index contributed by atoms with van der Waals surface area (Å²) in [6.45, 7) is 3.33. The molecule has 1 aromatic rings. The third-order valence-electron chi connectivity index (χ3n) is 2.55. The summed E-state index contributed by atoms with van der Waals surface area (Å²) in [6.07, 6.45) is 0.372.